The van der Waals surface area contributed by atoms with Crippen molar-refractivity contribution >= 4 is 23.7 Å². The van der Waals surface area contributed by atoms with Crippen molar-refractivity contribution in [2.45, 2.75) is 85.0 Å². The minimum Gasteiger partial charge on any atom is -0.462 e. The number of ether oxygens (including phenoxy) is 4. The van der Waals surface area contributed by atoms with Crippen LogP contribution in [-0.2, 0) is 33.3 Å². The van der Waals surface area contributed by atoms with Crippen molar-refractivity contribution in [2.75, 3.05) is 12.3 Å². The number of rotatable bonds is 12. The first kappa shape index (κ1) is 30.6. The predicted octanol–water partition coefficient (Wildman–Crippen LogP) is 2.87. The first-order valence-corrected chi connectivity index (χ1v) is 12.4. The Morgan fingerprint density at radius 2 is 1.63 bits per heavy atom. The van der Waals surface area contributed by atoms with E-state index < -0.39 is 54.4 Å². The fraction of sp³-hybridized carbons (Fsp3) is 0.708. The van der Waals surface area contributed by atoms with Gasteiger partial charge >= 0.3 is 23.6 Å². The lowest BCUT2D eigenvalue weighted by Gasteiger charge is -2.30. The summed E-state index contributed by atoms with van der Waals surface area (Å²) in [5.74, 6) is -2.26. The van der Waals surface area contributed by atoms with Gasteiger partial charge in [-0.1, -0.05) is 46.7 Å². The summed E-state index contributed by atoms with van der Waals surface area (Å²) in [6, 6.07) is 1.31. The summed E-state index contributed by atoms with van der Waals surface area (Å²) in [6.07, 6.45) is -3.20. The lowest BCUT2D eigenvalue weighted by Crippen LogP contribution is -2.49. The molecule has 1 aliphatic heterocycles. The van der Waals surface area contributed by atoms with Crippen LogP contribution in [0, 0.1) is 17.8 Å². The first-order chi connectivity index (χ1) is 17.8. The zero-order chi connectivity index (χ0) is 28.6. The lowest BCUT2D eigenvalue weighted by atomic mass is 10.0. The van der Waals surface area contributed by atoms with Gasteiger partial charge in [0.1, 0.15) is 12.4 Å². The zero-order valence-electron chi connectivity index (χ0n) is 22.5. The van der Waals surface area contributed by atoms with E-state index in [0.29, 0.717) is 0 Å². The highest BCUT2D eigenvalue weighted by Crippen LogP contribution is 2.42. The van der Waals surface area contributed by atoms with Crippen LogP contribution in [0.25, 0.3) is 10.4 Å². The van der Waals surface area contributed by atoms with Crippen LogP contribution < -0.4 is 11.4 Å². The van der Waals surface area contributed by atoms with Gasteiger partial charge in [-0.3, -0.25) is 19.0 Å². The quantitative estimate of drug-likeness (QED) is 0.136. The molecule has 210 valence electrons. The number of nitrogens with zero attached hydrogens (tertiary/aromatic N) is 5. The summed E-state index contributed by atoms with van der Waals surface area (Å²) in [5.41, 5.74) is 12.0. The molecule has 2 N–H and O–H groups in total. The van der Waals surface area contributed by atoms with Crippen LogP contribution in [0.1, 0.15) is 67.0 Å². The summed E-state index contributed by atoms with van der Waals surface area (Å²) >= 11 is 0. The average Bonchev–Trinajstić information content (AvgIpc) is 3.04. The van der Waals surface area contributed by atoms with Crippen molar-refractivity contribution in [3.05, 3.63) is 33.2 Å². The van der Waals surface area contributed by atoms with Crippen molar-refractivity contribution in [3.63, 3.8) is 0 Å². The maximum atomic E-state index is 12.8. The van der Waals surface area contributed by atoms with Crippen LogP contribution >= 0.6 is 0 Å². The molecule has 2 rings (SSSR count). The predicted molar refractivity (Wildman–Crippen MR) is 134 cm³/mol. The second-order valence-electron chi connectivity index (χ2n) is 10.4. The molecule has 4 atom stereocenters. The highest BCUT2D eigenvalue weighted by atomic mass is 16.7. The molecule has 0 saturated carbocycles. The number of azide groups is 1. The van der Waals surface area contributed by atoms with E-state index >= 15 is 0 Å². The van der Waals surface area contributed by atoms with Gasteiger partial charge in [0.15, 0.2) is 18.4 Å². The van der Waals surface area contributed by atoms with Gasteiger partial charge in [-0.15, -0.1) is 0 Å². The molecule has 14 nitrogen and oxygen atoms in total. The Hall–Kier alpha value is -3.64. The maximum Gasteiger partial charge on any atom is 0.351 e. The Morgan fingerprint density at radius 1 is 1.08 bits per heavy atom. The number of carbonyl (C=O) groups is 3. The fourth-order valence-corrected chi connectivity index (χ4v) is 3.80. The number of carbonyl (C=O) groups excluding carboxylic acids is 3. The highest BCUT2D eigenvalue weighted by molar-refractivity contribution is 5.71. The normalized spacial score (nSPS) is 22.8. The molecule has 0 bridgehead atoms. The summed E-state index contributed by atoms with van der Waals surface area (Å²) in [6.45, 7) is 10.1. The van der Waals surface area contributed by atoms with Gasteiger partial charge < -0.3 is 24.7 Å². The molecule has 14 heteroatoms. The van der Waals surface area contributed by atoms with E-state index in [-0.39, 0.29) is 42.8 Å². The molecule has 1 aliphatic rings. The van der Waals surface area contributed by atoms with Crippen LogP contribution in [0.4, 0.5) is 5.82 Å². The van der Waals surface area contributed by atoms with Gasteiger partial charge in [-0.05, 0) is 29.4 Å². The minimum absolute atomic E-state index is 0.00264. The smallest absolute Gasteiger partial charge is 0.351 e. The molecular weight excluding hydrogens is 500 g/mol. The molecule has 0 radical (unpaired) electrons. The standard InChI is InChI=1S/C24H36N6O8/c1-13(2)9-17(31)35-12-24(28-29-26)21(37-19(33)11-15(5)6)20(36-18(32)10-14(3)4)22(38-24)30-8-7-16(25)27-23(30)34/h7-8,13-15,20-22H,9-12H2,1-6H3,(H2,25,27,34)/t20-,21+,22+,24-/m1/s1. The van der Waals surface area contributed by atoms with Crippen LogP contribution in [0.15, 0.2) is 22.2 Å². The van der Waals surface area contributed by atoms with Crippen molar-refractivity contribution < 1.29 is 33.3 Å². The number of nitrogens with two attached hydrogens (primary N) is 1. The summed E-state index contributed by atoms with van der Waals surface area (Å²) in [4.78, 5) is 57.1. The molecule has 38 heavy (non-hydrogen) atoms. The minimum atomic E-state index is -2.16. The van der Waals surface area contributed by atoms with Gasteiger partial charge in [0, 0.05) is 30.4 Å². The molecule has 1 aromatic heterocycles. The second-order valence-corrected chi connectivity index (χ2v) is 10.4. The molecule has 0 amide bonds. The first-order valence-electron chi connectivity index (χ1n) is 12.4. The zero-order valence-corrected chi connectivity index (χ0v) is 22.5. The van der Waals surface area contributed by atoms with Crippen molar-refractivity contribution in [1.82, 2.24) is 9.55 Å². The largest absolute Gasteiger partial charge is 0.462 e. The summed E-state index contributed by atoms with van der Waals surface area (Å²) in [7, 11) is 0. The third-order valence-corrected chi connectivity index (χ3v) is 5.38. The molecule has 0 spiro atoms. The van der Waals surface area contributed by atoms with E-state index in [9.17, 15) is 24.7 Å². The second kappa shape index (κ2) is 13.2. The van der Waals surface area contributed by atoms with E-state index in [1.165, 1.54) is 12.3 Å². The van der Waals surface area contributed by atoms with Crippen LogP contribution in [0.3, 0.4) is 0 Å². The van der Waals surface area contributed by atoms with E-state index in [2.05, 4.69) is 15.0 Å². The van der Waals surface area contributed by atoms with E-state index in [1.807, 2.05) is 13.8 Å². The Balaban J connectivity index is 2.63. The number of anilines is 1. The Morgan fingerprint density at radius 3 is 2.16 bits per heavy atom. The van der Waals surface area contributed by atoms with Crippen LogP contribution in [0.5, 0.6) is 0 Å². The lowest BCUT2D eigenvalue weighted by molar-refractivity contribution is -0.180. The fourth-order valence-electron chi connectivity index (χ4n) is 3.80. The van der Waals surface area contributed by atoms with Gasteiger partial charge in [-0.25, -0.2) is 4.79 Å². The number of hydrogen-bond acceptors (Lipinski definition) is 11. The van der Waals surface area contributed by atoms with E-state index in [0.717, 1.165) is 4.57 Å². The van der Waals surface area contributed by atoms with Crippen molar-refractivity contribution in [3.8, 4) is 0 Å². The third kappa shape index (κ3) is 8.18. The summed E-state index contributed by atoms with van der Waals surface area (Å²) < 4.78 is 23.7. The molecule has 0 unspecified atom stereocenters. The molecule has 2 heterocycles. The molecule has 1 saturated heterocycles. The van der Waals surface area contributed by atoms with E-state index in [4.69, 9.17) is 24.7 Å². The Kier molecular flexibility index (Phi) is 10.7. The van der Waals surface area contributed by atoms with Gasteiger partial charge in [-0.2, -0.15) is 4.98 Å². The highest BCUT2D eigenvalue weighted by Gasteiger charge is 2.61. The Labute approximate surface area is 220 Å². The van der Waals surface area contributed by atoms with Gasteiger partial charge in [0.05, 0.1) is 0 Å². The van der Waals surface area contributed by atoms with Crippen molar-refractivity contribution in [1.29, 1.82) is 0 Å². The summed E-state index contributed by atoms with van der Waals surface area (Å²) in [5, 5.41) is 3.71. The molecular formula is C24H36N6O8. The topological polar surface area (TPSA) is 198 Å². The van der Waals surface area contributed by atoms with Gasteiger partial charge in [0.2, 0.25) is 5.72 Å². The van der Waals surface area contributed by atoms with Crippen LogP contribution in [-0.4, -0.2) is 52.0 Å². The molecule has 1 fully saturated rings. The van der Waals surface area contributed by atoms with Crippen molar-refractivity contribution in [2.24, 2.45) is 22.9 Å². The average molecular weight is 537 g/mol. The monoisotopic (exact) mass is 536 g/mol. The third-order valence-electron chi connectivity index (χ3n) is 5.38. The number of aromatic nitrogens is 2. The molecule has 1 aromatic rings. The van der Waals surface area contributed by atoms with Gasteiger partial charge in [0.25, 0.3) is 0 Å². The maximum absolute atomic E-state index is 12.8. The molecule has 0 aromatic carbocycles. The SMILES string of the molecule is CC(C)CC(=O)OC[C@@]1(N=[N+]=[N-])O[C@H](n2ccc(N)nc2=O)[C@H](OC(=O)CC(C)C)[C@@H]1OC(=O)CC(C)C. The molecule has 0 aliphatic carbocycles. The van der Waals surface area contributed by atoms with E-state index in [1.54, 1.807) is 27.7 Å². The number of hydrogen-bond donors (Lipinski definition) is 1. The number of nitrogen functional groups attached to an aromatic ring is 1. The van der Waals surface area contributed by atoms with Crippen LogP contribution in [0.2, 0.25) is 0 Å². The number of esters is 3. The Bertz CT molecular complexity index is 1110.